The number of rotatable bonds is 5. The highest BCUT2D eigenvalue weighted by atomic mass is 16.5. The molecule has 2 atom stereocenters. The van der Waals surface area contributed by atoms with Gasteiger partial charge in [-0.15, -0.1) is 0 Å². The number of ether oxygens (including phenoxy) is 1. The Labute approximate surface area is 115 Å². The second kappa shape index (κ2) is 5.33. The molecule has 0 amide bonds. The summed E-state index contributed by atoms with van der Waals surface area (Å²) >= 11 is 0. The van der Waals surface area contributed by atoms with E-state index in [1.165, 1.54) is 0 Å². The van der Waals surface area contributed by atoms with Crippen LogP contribution in [0, 0.1) is 5.92 Å². The third kappa shape index (κ3) is 2.81. The lowest BCUT2D eigenvalue weighted by Crippen LogP contribution is -2.30. The molecular formula is C16H23NO2. The zero-order valence-corrected chi connectivity index (χ0v) is 12.2. The molecule has 0 bridgehead atoms. The SMILES string of the molecule is CC(C)OC(=O)[C@@]1(c2ccccc2)CC1CN(C)C. The van der Waals surface area contributed by atoms with E-state index in [1.807, 2.05) is 58.3 Å². The fraction of sp³-hybridized carbons (Fsp3) is 0.562. The van der Waals surface area contributed by atoms with Crippen molar-refractivity contribution in [3.05, 3.63) is 35.9 Å². The van der Waals surface area contributed by atoms with Gasteiger partial charge in [0.05, 0.1) is 11.5 Å². The van der Waals surface area contributed by atoms with Gasteiger partial charge < -0.3 is 9.64 Å². The molecule has 1 aromatic carbocycles. The Bertz CT molecular complexity index is 441. The van der Waals surface area contributed by atoms with Gasteiger partial charge in [0.25, 0.3) is 0 Å². The highest BCUT2D eigenvalue weighted by molar-refractivity contribution is 5.87. The molecule has 19 heavy (non-hydrogen) atoms. The zero-order chi connectivity index (χ0) is 14.0. The maximum Gasteiger partial charge on any atom is 0.317 e. The molecule has 0 heterocycles. The molecule has 2 rings (SSSR count). The average Bonchev–Trinajstić information content (AvgIpc) is 3.04. The fourth-order valence-electron chi connectivity index (χ4n) is 2.77. The van der Waals surface area contributed by atoms with E-state index in [-0.39, 0.29) is 12.1 Å². The normalized spacial score (nSPS) is 25.7. The van der Waals surface area contributed by atoms with Crippen LogP contribution in [0.15, 0.2) is 30.3 Å². The van der Waals surface area contributed by atoms with Gasteiger partial charge in [0.15, 0.2) is 0 Å². The maximum atomic E-state index is 12.5. The Morgan fingerprint density at radius 3 is 2.53 bits per heavy atom. The molecule has 1 fully saturated rings. The minimum absolute atomic E-state index is 0.0614. The molecule has 0 aromatic heterocycles. The second-order valence-electron chi connectivity index (χ2n) is 5.95. The second-order valence-corrected chi connectivity index (χ2v) is 5.95. The van der Waals surface area contributed by atoms with E-state index in [0.717, 1.165) is 18.5 Å². The van der Waals surface area contributed by atoms with E-state index in [0.29, 0.717) is 5.92 Å². The highest BCUT2D eigenvalue weighted by Gasteiger charge is 2.62. The van der Waals surface area contributed by atoms with Crippen molar-refractivity contribution in [2.24, 2.45) is 5.92 Å². The maximum absolute atomic E-state index is 12.5. The van der Waals surface area contributed by atoms with Gasteiger partial charge in [-0.25, -0.2) is 0 Å². The molecule has 1 saturated carbocycles. The number of carbonyl (C=O) groups is 1. The summed E-state index contributed by atoms with van der Waals surface area (Å²) in [5, 5.41) is 0. The van der Waals surface area contributed by atoms with Crippen molar-refractivity contribution in [2.45, 2.75) is 31.8 Å². The summed E-state index contributed by atoms with van der Waals surface area (Å²) in [5.74, 6) is 0.289. The predicted octanol–water partition coefficient (Wildman–Crippen LogP) is 2.46. The van der Waals surface area contributed by atoms with Crippen molar-refractivity contribution in [2.75, 3.05) is 20.6 Å². The third-order valence-corrected chi connectivity index (χ3v) is 3.69. The molecule has 0 spiro atoms. The van der Waals surface area contributed by atoms with Gasteiger partial charge in [-0.2, -0.15) is 0 Å². The Kier molecular flexibility index (Phi) is 3.95. The quantitative estimate of drug-likeness (QED) is 0.763. The van der Waals surface area contributed by atoms with Gasteiger partial charge >= 0.3 is 5.97 Å². The molecule has 104 valence electrons. The van der Waals surface area contributed by atoms with Gasteiger partial charge in [0.2, 0.25) is 0 Å². The summed E-state index contributed by atoms with van der Waals surface area (Å²) in [6, 6.07) is 10.0. The Hall–Kier alpha value is -1.35. The van der Waals surface area contributed by atoms with E-state index in [2.05, 4.69) is 4.90 Å². The average molecular weight is 261 g/mol. The van der Waals surface area contributed by atoms with Crippen molar-refractivity contribution < 1.29 is 9.53 Å². The van der Waals surface area contributed by atoms with Crippen molar-refractivity contribution in [1.82, 2.24) is 4.90 Å². The van der Waals surface area contributed by atoms with Crippen LogP contribution in [0.5, 0.6) is 0 Å². The van der Waals surface area contributed by atoms with E-state index >= 15 is 0 Å². The van der Waals surface area contributed by atoms with Gasteiger partial charge in [0.1, 0.15) is 0 Å². The van der Waals surface area contributed by atoms with E-state index < -0.39 is 5.41 Å². The Morgan fingerprint density at radius 1 is 1.37 bits per heavy atom. The number of esters is 1. The lowest BCUT2D eigenvalue weighted by Gasteiger charge is -2.20. The molecule has 1 unspecified atom stereocenters. The van der Waals surface area contributed by atoms with Crippen molar-refractivity contribution in [3.63, 3.8) is 0 Å². The molecule has 0 N–H and O–H groups in total. The fourth-order valence-corrected chi connectivity index (χ4v) is 2.77. The molecule has 0 radical (unpaired) electrons. The highest BCUT2D eigenvalue weighted by Crippen LogP contribution is 2.55. The van der Waals surface area contributed by atoms with Crippen LogP contribution in [-0.2, 0) is 14.9 Å². The zero-order valence-electron chi connectivity index (χ0n) is 12.2. The molecule has 3 nitrogen and oxygen atoms in total. The van der Waals surface area contributed by atoms with Gasteiger partial charge in [0, 0.05) is 6.54 Å². The topological polar surface area (TPSA) is 29.5 Å². The van der Waals surface area contributed by atoms with Crippen LogP contribution >= 0.6 is 0 Å². The first-order chi connectivity index (χ1) is 8.96. The first-order valence-corrected chi connectivity index (χ1v) is 6.88. The smallest absolute Gasteiger partial charge is 0.317 e. The largest absolute Gasteiger partial charge is 0.462 e. The standard InChI is InChI=1S/C16H23NO2/c1-12(2)19-15(18)16(10-14(16)11-17(3)4)13-8-6-5-7-9-13/h5-9,12,14H,10-11H2,1-4H3/t14?,16-/m1/s1. The Balaban J connectivity index is 2.24. The summed E-state index contributed by atoms with van der Waals surface area (Å²) in [7, 11) is 4.09. The van der Waals surface area contributed by atoms with Crippen LogP contribution in [0.4, 0.5) is 0 Å². The van der Waals surface area contributed by atoms with E-state index in [9.17, 15) is 4.79 Å². The minimum Gasteiger partial charge on any atom is -0.462 e. The first-order valence-electron chi connectivity index (χ1n) is 6.88. The molecule has 0 aliphatic heterocycles. The van der Waals surface area contributed by atoms with Gasteiger partial charge in [-0.3, -0.25) is 4.79 Å². The summed E-state index contributed by atoms with van der Waals surface area (Å²) in [6.07, 6.45) is 0.828. The number of benzene rings is 1. The number of carbonyl (C=O) groups excluding carboxylic acids is 1. The molecule has 0 saturated heterocycles. The molecule has 1 aliphatic rings. The molecule has 1 aromatic rings. The van der Waals surface area contributed by atoms with Crippen LogP contribution in [0.25, 0.3) is 0 Å². The molecule has 1 aliphatic carbocycles. The predicted molar refractivity (Wildman–Crippen MR) is 76.0 cm³/mol. The van der Waals surface area contributed by atoms with Crippen LogP contribution in [-0.4, -0.2) is 37.6 Å². The number of hydrogen-bond acceptors (Lipinski definition) is 3. The summed E-state index contributed by atoms with van der Waals surface area (Å²) in [4.78, 5) is 14.6. The third-order valence-electron chi connectivity index (χ3n) is 3.69. The number of hydrogen-bond donors (Lipinski definition) is 0. The molecule has 3 heteroatoms. The van der Waals surface area contributed by atoms with Crippen molar-refractivity contribution in [3.8, 4) is 0 Å². The van der Waals surface area contributed by atoms with Crippen LogP contribution in [0.3, 0.4) is 0 Å². The van der Waals surface area contributed by atoms with E-state index in [1.54, 1.807) is 0 Å². The van der Waals surface area contributed by atoms with Crippen molar-refractivity contribution in [1.29, 1.82) is 0 Å². The summed E-state index contributed by atoms with van der Waals surface area (Å²) in [5.41, 5.74) is 0.669. The monoisotopic (exact) mass is 261 g/mol. The van der Waals surface area contributed by atoms with Gasteiger partial charge in [-0.05, 0) is 45.8 Å². The minimum atomic E-state index is -0.421. The summed E-state index contributed by atoms with van der Waals surface area (Å²) in [6.45, 7) is 4.72. The van der Waals surface area contributed by atoms with Gasteiger partial charge in [-0.1, -0.05) is 30.3 Å². The van der Waals surface area contributed by atoms with E-state index in [4.69, 9.17) is 4.74 Å². The lowest BCUT2D eigenvalue weighted by molar-refractivity contribution is -0.151. The molecular weight excluding hydrogens is 238 g/mol. The van der Waals surface area contributed by atoms with Crippen molar-refractivity contribution >= 4 is 5.97 Å². The van der Waals surface area contributed by atoms with Crippen LogP contribution in [0.1, 0.15) is 25.8 Å². The summed E-state index contributed by atoms with van der Waals surface area (Å²) < 4.78 is 5.49. The van der Waals surface area contributed by atoms with Crippen LogP contribution in [0.2, 0.25) is 0 Å². The van der Waals surface area contributed by atoms with Crippen LogP contribution < -0.4 is 0 Å². The first kappa shape index (κ1) is 14.1. The number of nitrogens with zero attached hydrogens (tertiary/aromatic N) is 1. The lowest BCUT2D eigenvalue weighted by atomic mass is 9.93. The Morgan fingerprint density at radius 2 is 2.00 bits per heavy atom.